The summed E-state index contributed by atoms with van der Waals surface area (Å²) in [5.41, 5.74) is -0.475. The van der Waals surface area contributed by atoms with Gasteiger partial charge in [-0.2, -0.15) is 0 Å². The average molecular weight is 199 g/mol. The number of rotatable bonds is 4. The lowest BCUT2D eigenvalue weighted by atomic mass is 9.83. The van der Waals surface area contributed by atoms with Gasteiger partial charge in [0.15, 0.2) is 0 Å². The predicted molar refractivity (Wildman–Crippen MR) is 49.4 cm³/mol. The van der Waals surface area contributed by atoms with E-state index in [9.17, 15) is 14.8 Å². The van der Waals surface area contributed by atoms with Crippen molar-refractivity contribution < 1.29 is 14.6 Å². The normalized spacial score (nSPS) is 18.1. The summed E-state index contributed by atoms with van der Waals surface area (Å²) in [6.45, 7) is 1.79. The van der Waals surface area contributed by atoms with E-state index in [4.69, 9.17) is 0 Å². The molecule has 1 saturated carbocycles. The Morgan fingerprint density at radius 2 is 2.21 bits per heavy atom. The van der Waals surface area contributed by atoms with E-state index < -0.39 is 11.7 Å². The molecule has 0 aliphatic heterocycles. The zero-order valence-corrected chi connectivity index (χ0v) is 8.02. The number of esters is 1. The lowest BCUT2D eigenvalue weighted by molar-refractivity contribution is -0.138. The van der Waals surface area contributed by atoms with Gasteiger partial charge in [-0.25, -0.2) is 4.79 Å². The first-order chi connectivity index (χ1) is 6.70. The van der Waals surface area contributed by atoms with Crippen LogP contribution < -0.4 is 0 Å². The molecule has 5 heteroatoms. The van der Waals surface area contributed by atoms with E-state index in [0.717, 1.165) is 19.3 Å². The van der Waals surface area contributed by atoms with Crippen molar-refractivity contribution in [1.82, 2.24) is 0 Å². The van der Waals surface area contributed by atoms with Gasteiger partial charge in [0.2, 0.25) is 5.70 Å². The van der Waals surface area contributed by atoms with E-state index in [1.54, 1.807) is 6.92 Å². The van der Waals surface area contributed by atoms with Crippen molar-refractivity contribution in [3.05, 3.63) is 16.4 Å². The van der Waals surface area contributed by atoms with Gasteiger partial charge < -0.3 is 9.84 Å². The molecule has 14 heavy (non-hydrogen) atoms. The SMILES string of the molecule is CCOC(=O)C(N=O)=C(O)C1CCC1. The van der Waals surface area contributed by atoms with Crippen LogP contribution in [0.4, 0.5) is 0 Å². The van der Waals surface area contributed by atoms with Crippen LogP contribution in [0.3, 0.4) is 0 Å². The van der Waals surface area contributed by atoms with Gasteiger partial charge in [-0.05, 0) is 24.9 Å². The predicted octanol–water partition coefficient (Wildman–Crippen LogP) is 1.89. The molecule has 78 valence electrons. The second-order valence-electron chi connectivity index (χ2n) is 3.17. The maximum Gasteiger partial charge on any atom is 0.364 e. The highest BCUT2D eigenvalue weighted by atomic mass is 16.5. The number of hydrogen-bond donors (Lipinski definition) is 1. The Labute approximate surface area is 81.7 Å². The maximum absolute atomic E-state index is 11.1. The lowest BCUT2D eigenvalue weighted by Crippen LogP contribution is -2.18. The van der Waals surface area contributed by atoms with Gasteiger partial charge in [0.05, 0.1) is 6.61 Å². The van der Waals surface area contributed by atoms with E-state index >= 15 is 0 Å². The summed E-state index contributed by atoms with van der Waals surface area (Å²) in [5, 5.41) is 12.0. The minimum absolute atomic E-state index is 0.0906. The van der Waals surface area contributed by atoms with Crippen molar-refractivity contribution in [2.75, 3.05) is 6.61 Å². The molecule has 5 nitrogen and oxygen atoms in total. The zero-order chi connectivity index (χ0) is 10.6. The molecule has 1 aliphatic rings. The summed E-state index contributed by atoms with van der Waals surface area (Å²) < 4.78 is 4.58. The molecular weight excluding hydrogens is 186 g/mol. The Kier molecular flexibility index (Phi) is 3.62. The summed E-state index contributed by atoms with van der Waals surface area (Å²) in [6, 6.07) is 0. The molecule has 1 aliphatic carbocycles. The molecule has 0 bridgehead atoms. The molecule has 0 spiro atoms. The Balaban J connectivity index is 2.75. The molecule has 0 radical (unpaired) electrons. The van der Waals surface area contributed by atoms with Crippen LogP contribution in [-0.4, -0.2) is 17.7 Å². The van der Waals surface area contributed by atoms with Gasteiger partial charge in [0.1, 0.15) is 5.76 Å². The van der Waals surface area contributed by atoms with E-state index in [1.165, 1.54) is 0 Å². The molecule has 0 aromatic rings. The van der Waals surface area contributed by atoms with Gasteiger partial charge in [-0.1, -0.05) is 6.42 Å². The van der Waals surface area contributed by atoms with Crippen LogP contribution in [0.15, 0.2) is 16.6 Å². The quantitative estimate of drug-likeness (QED) is 0.324. The van der Waals surface area contributed by atoms with Gasteiger partial charge >= 0.3 is 5.97 Å². The van der Waals surface area contributed by atoms with Crippen molar-refractivity contribution in [1.29, 1.82) is 0 Å². The maximum atomic E-state index is 11.1. The Hall–Kier alpha value is -1.39. The number of allylic oxidation sites excluding steroid dienone is 1. The van der Waals surface area contributed by atoms with Crippen LogP contribution >= 0.6 is 0 Å². The second-order valence-corrected chi connectivity index (χ2v) is 3.17. The molecule has 0 amide bonds. The van der Waals surface area contributed by atoms with Gasteiger partial charge in [-0.3, -0.25) is 0 Å². The van der Waals surface area contributed by atoms with Gasteiger partial charge in [-0.15, -0.1) is 4.91 Å². The van der Waals surface area contributed by atoms with Crippen molar-refractivity contribution in [3.8, 4) is 0 Å². The zero-order valence-electron chi connectivity index (χ0n) is 8.02. The number of aliphatic hydroxyl groups excluding tert-OH is 1. The summed E-state index contributed by atoms with van der Waals surface area (Å²) in [7, 11) is 0. The number of carbonyl (C=O) groups is 1. The fourth-order valence-electron chi connectivity index (χ4n) is 1.26. The lowest BCUT2D eigenvalue weighted by Gasteiger charge is -2.24. The summed E-state index contributed by atoms with van der Waals surface area (Å²) in [5.74, 6) is -1.15. The van der Waals surface area contributed by atoms with Crippen LogP contribution in [0.1, 0.15) is 26.2 Å². The van der Waals surface area contributed by atoms with E-state index in [2.05, 4.69) is 9.91 Å². The van der Waals surface area contributed by atoms with Crippen molar-refractivity contribution in [2.24, 2.45) is 11.1 Å². The third-order valence-corrected chi connectivity index (χ3v) is 2.29. The fourth-order valence-corrected chi connectivity index (χ4v) is 1.26. The van der Waals surface area contributed by atoms with Gasteiger partial charge in [0, 0.05) is 5.92 Å². The van der Waals surface area contributed by atoms with E-state index in [0.29, 0.717) is 0 Å². The second kappa shape index (κ2) is 4.74. The first-order valence-corrected chi connectivity index (χ1v) is 4.64. The number of nitroso groups, excluding NO2 is 1. The highest BCUT2D eigenvalue weighted by Gasteiger charge is 2.28. The first kappa shape index (κ1) is 10.7. The minimum atomic E-state index is -0.841. The topological polar surface area (TPSA) is 76.0 Å². The van der Waals surface area contributed by atoms with Crippen molar-refractivity contribution in [3.63, 3.8) is 0 Å². The van der Waals surface area contributed by atoms with Crippen LogP contribution in [-0.2, 0) is 9.53 Å². The number of ether oxygens (including phenoxy) is 1. The number of hydrogen-bond acceptors (Lipinski definition) is 5. The molecule has 1 N–H and O–H groups in total. The Bertz CT molecular complexity index is 268. The first-order valence-electron chi connectivity index (χ1n) is 4.64. The molecule has 0 saturated heterocycles. The third-order valence-electron chi connectivity index (χ3n) is 2.29. The van der Waals surface area contributed by atoms with Crippen LogP contribution in [0.2, 0.25) is 0 Å². The van der Waals surface area contributed by atoms with Gasteiger partial charge in [0.25, 0.3) is 0 Å². The van der Waals surface area contributed by atoms with Crippen LogP contribution in [0, 0.1) is 10.8 Å². The monoisotopic (exact) mass is 199 g/mol. The molecule has 1 rings (SSSR count). The summed E-state index contributed by atoms with van der Waals surface area (Å²) in [4.78, 5) is 21.5. The number of carbonyl (C=O) groups excluding carboxylic acids is 1. The molecule has 0 unspecified atom stereocenters. The van der Waals surface area contributed by atoms with E-state index in [1.807, 2.05) is 0 Å². The standard InChI is InChI=1S/C9H13NO4/c1-2-14-9(12)7(10-13)8(11)6-4-3-5-6/h6,11H,2-5H2,1H3. The number of aliphatic hydroxyl groups is 1. The minimum Gasteiger partial charge on any atom is -0.509 e. The molecule has 0 aromatic carbocycles. The summed E-state index contributed by atoms with van der Waals surface area (Å²) in [6.07, 6.45) is 2.60. The third kappa shape index (κ3) is 2.10. The average Bonchev–Trinajstić information content (AvgIpc) is 2.02. The van der Waals surface area contributed by atoms with E-state index in [-0.39, 0.29) is 18.3 Å². The van der Waals surface area contributed by atoms with Crippen LogP contribution in [0.5, 0.6) is 0 Å². The fraction of sp³-hybridized carbons (Fsp3) is 0.667. The molecule has 1 fully saturated rings. The molecular formula is C9H13NO4. The number of nitrogens with zero attached hydrogens (tertiary/aromatic N) is 1. The molecule has 0 atom stereocenters. The highest BCUT2D eigenvalue weighted by molar-refractivity contribution is 5.88. The largest absolute Gasteiger partial charge is 0.509 e. The van der Waals surface area contributed by atoms with Crippen molar-refractivity contribution >= 4 is 5.97 Å². The smallest absolute Gasteiger partial charge is 0.364 e. The summed E-state index contributed by atoms with van der Waals surface area (Å²) >= 11 is 0. The van der Waals surface area contributed by atoms with Crippen LogP contribution in [0.25, 0.3) is 0 Å². The molecule has 0 aromatic heterocycles. The highest BCUT2D eigenvalue weighted by Crippen LogP contribution is 2.33. The molecule has 0 heterocycles. The van der Waals surface area contributed by atoms with Crippen molar-refractivity contribution in [2.45, 2.75) is 26.2 Å². The Morgan fingerprint density at radius 3 is 2.57 bits per heavy atom. The Morgan fingerprint density at radius 1 is 1.57 bits per heavy atom.